The van der Waals surface area contributed by atoms with Crippen molar-refractivity contribution in [2.24, 2.45) is 13.0 Å². The third-order valence-electron chi connectivity index (χ3n) is 1.94. The maximum absolute atomic E-state index is 11.7. The molecule has 0 aliphatic carbocycles. The van der Waals surface area contributed by atoms with Crippen molar-refractivity contribution in [3.8, 4) is 0 Å². The summed E-state index contributed by atoms with van der Waals surface area (Å²) >= 11 is 3.29. The van der Waals surface area contributed by atoms with Crippen molar-refractivity contribution in [2.45, 2.75) is 11.9 Å². The van der Waals surface area contributed by atoms with E-state index in [1.54, 1.807) is 7.05 Å². The fraction of sp³-hybridized carbons (Fsp3) is 0.625. The summed E-state index contributed by atoms with van der Waals surface area (Å²) in [5.41, 5.74) is 0. The Kier molecular flexibility index (Phi) is 4.30. The second kappa shape index (κ2) is 5.09. The molecule has 0 bridgehead atoms. The van der Waals surface area contributed by atoms with Crippen LogP contribution >= 0.6 is 15.9 Å². The Labute approximate surface area is 98.0 Å². The topological polar surface area (TPSA) is 64.0 Å². The summed E-state index contributed by atoms with van der Waals surface area (Å²) in [6.07, 6.45) is 1.46. The molecule has 15 heavy (non-hydrogen) atoms. The van der Waals surface area contributed by atoms with Gasteiger partial charge in [-0.3, -0.25) is 4.68 Å². The Balaban J connectivity index is 2.73. The average molecular weight is 296 g/mol. The van der Waals surface area contributed by atoms with Gasteiger partial charge in [-0.15, -0.1) is 0 Å². The van der Waals surface area contributed by atoms with Gasteiger partial charge in [0.15, 0.2) is 5.03 Å². The second-order valence-electron chi connectivity index (χ2n) is 3.40. The minimum absolute atomic E-state index is 0.185. The highest BCUT2D eigenvalue weighted by Gasteiger charge is 2.17. The SMILES string of the molecule is CC(CBr)CNS(=O)(=O)c1ccnn1C. The molecular formula is C8H14BrN3O2S. The quantitative estimate of drug-likeness (QED) is 0.815. The van der Waals surface area contributed by atoms with Crippen LogP contribution in [-0.2, 0) is 17.1 Å². The Morgan fingerprint density at radius 3 is 2.80 bits per heavy atom. The molecular weight excluding hydrogens is 282 g/mol. The normalized spacial score (nSPS) is 14.1. The zero-order chi connectivity index (χ0) is 11.5. The molecule has 0 fully saturated rings. The van der Waals surface area contributed by atoms with E-state index >= 15 is 0 Å². The van der Waals surface area contributed by atoms with Crippen LogP contribution < -0.4 is 4.72 Å². The standard InChI is InChI=1S/C8H14BrN3O2S/c1-7(5-9)6-11-15(13,14)8-3-4-10-12(8)2/h3-4,7,11H,5-6H2,1-2H3. The lowest BCUT2D eigenvalue weighted by Gasteiger charge is -2.10. The third kappa shape index (κ3) is 3.29. The number of rotatable bonds is 5. The maximum atomic E-state index is 11.7. The number of aromatic nitrogens is 2. The molecule has 0 aliphatic rings. The van der Waals surface area contributed by atoms with E-state index in [0.29, 0.717) is 6.54 Å². The number of aryl methyl sites for hydroxylation is 1. The van der Waals surface area contributed by atoms with Gasteiger partial charge in [0, 0.05) is 18.9 Å². The molecule has 0 aliphatic heterocycles. The Bertz CT molecular complexity index is 415. The van der Waals surface area contributed by atoms with E-state index in [1.165, 1.54) is 16.9 Å². The van der Waals surface area contributed by atoms with Crippen LogP contribution in [0.3, 0.4) is 0 Å². The van der Waals surface area contributed by atoms with Crippen LogP contribution in [0.15, 0.2) is 17.3 Å². The molecule has 0 aromatic carbocycles. The zero-order valence-electron chi connectivity index (χ0n) is 8.64. The van der Waals surface area contributed by atoms with Gasteiger partial charge in [0.05, 0.1) is 6.20 Å². The van der Waals surface area contributed by atoms with E-state index in [9.17, 15) is 8.42 Å². The molecule has 86 valence electrons. The number of hydrogen-bond acceptors (Lipinski definition) is 3. The first-order chi connectivity index (χ1) is 6.97. The summed E-state index contributed by atoms with van der Waals surface area (Å²) in [6, 6.07) is 1.47. The number of sulfonamides is 1. The Morgan fingerprint density at radius 2 is 2.33 bits per heavy atom. The lowest BCUT2D eigenvalue weighted by Crippen LogP contribution is -2.30. The number of hydrogen-bond donors (Lipinski definition) is 1. The summed E-state index contributed by atoms with van der Waals surface area (Å²) in [5.74, 6) is 0.257. The van der Waals surface area contributed by atoms with Gasteiger partial charge in [-0.2, -0.15) is 5.10 Å². The number of alkyl halides is 1. The lowest BCUT2D eigenvalue weighted by molar-refractivity contribution is 0.548. The van der Waals surface area contributed by atoms with Crippen molar-refractivity contribution in [3.05, 3.63) is 12.3 Å². The minimum Gasteiger partial charge on any atom is -0.256 e. The molecule has 1 heterocycles. The van der Waals surface area contributed by atoms with Gasteiger partial charge in [0.1, 0.15) is 0 Å². The smallest absolute Gasteiger partial charge is 0.256 e. The maximum Gasteiger partial charge on any atom is 0.257 e. The van der Waals surface area contributed by atoms with Gasteiger partial charge in [-0.25, -0.2) is 13.1 Å². The molecule has 0 saturated heterocycles. The number of nitrogens with one attached hydrogen (secondary N) is 1. The lowest BCUT2D eigenvalue weighted by atomic mass is 10.2. The predicted octanol–water partition coefficient (Wildman–Crippen LogP) is 0.729. The van der Waals surface area contributed by atoms with Crippen molar-refractivity contribution < 1.29 is 8.42 Å². The van der Waals surface area contributed by atoms with Gasteiger partial charge >= 0.3 is 0 Å². The Hall–Kier alpha value is -0.400. The van der Waals surface area contributed by atoms with Crippen molar-refractivity contribution in [2.75, 3.05) is 11.9 Å². The first kappa shape index (κ1) is 12.7. The molecule has 1 atom stereocenters. The van der Waals surface area contributed by atoms with Gasteiger partial charge in [-0.05, 0) is 12.0 Å². The van der Waals surface area contributed by atoms with E-state index in [0.717, 1.165) is 5.33 Å². The summed E-state index contributed by atoms with van der Waals surface area (Å²) in [6.45, 7) is 2.37. The zero-order valence-corrected chi connectivity index (χ0v) is 11.0. The molecule has 0 amide bonds. The highest BCUT2D eigenvalue weighted by Crippen LogP contribution is 2.07. The van der Waals surface area contributed by atoms with E-state index in [1.807, 2.05) is 6.92 Å². The van der Waals surface area contributed by atoms with Crippen LogP contribution in [0.4, 0.5) is 0 Å². The van der Waals surface area contributed by atoms with E-state index in [-0.39, 0.29) is 10.9 Å². The summed E-state index contributed by atoms with van der Waals surface area (Å²) < 4.78 is 27.4. The van der Waals surface area contributed by atoms with Crippen molar-refractivity contribution in [3.63, 3.8) is 0 Å². The number of nitrogens with zero attached hydrogens (tertiary/aromatic N) is 2. The van der Waals surface area contributed by atoms with Gasteiger partial charge in [0.2, 0.25) is 0 Å². The van der Waals surface area contributed by atoms with Crippen LogP contribution in [0, 0.1) is 5.92 Å². The van der Waals surface area contributed by atoms with Crippen LogP contribution in [0.1, 0.15) is 6.92 Å². The average Bonchev–Trinajstić information content (AvgIpc) is 2.61. The molecule has 0 radical (unpaired) electrons. The third-order valence-corrected chi connectivity index (χ3v) is 4.54. The fourth-order valence-electron chi connectivity index (χ4n) is 1.01. The second-order valence-corrected chi connectivity index (χ2v) is 5.77. The largest absolute Gasteiger partial charge is 0.257 e. The van der Waals surface area contributed by atoms with E-state index < -0.39 is 10.0 Å². The fourth-order valence-corrected chi connectivity index (χ4v) is 2.52. The van der Waals surface area contributed by atoms with Gasteiger partial charge in [0.25, 0.3) is 10.0 Å². The summed E-state index contributed by atoms with van der Waals surface area (Å²) in [5, 5.41) is 4.77. The summed E-state index contributed by atoms with van der Waals surface area (Å²) in [7, 11) is -1.82. The van der Waals surface area contributed by atoms with Crippen LogP contribution in [-0.4, -0.2) is 30.1 Å². The first-order valence-electron chi connectivity index (χ1n) is 4.51. The monoisotopic (exact) mass is 295 g/mol. The highest BCUT2D eigenvalue weighted by molar-refractivity contribution is 9.09. The molecule has 1 aromatic rings. The summed E-state index contributed by atoms with van der Waals surface area (Å²) in [4.78, 5) is 0. The van der Waals surface area contributed by atoms with Crippen molar-refractivity contribution in [1.29, 1.82) is 0 Å². The molecule has 1 aromatic heterocycles. The molecule has 5 nitrogen and oxygen atoms in total. The van der Waals surface area contributed by atoms with Gasteiger partial charge < -0.3 is 0 Å². The first-order valence-corrected chi connectivity index (χ1v) is 7.11. The molecule has 1 unspecified atom stereocenters. The van der Waals surface area contributed by atoms with Crippen LogP contribution in [0.5, 0.6) is 0 Å². The van der Waals surface area contributed by atoms with Crippen molar-refractivity contribution in [1.82, 2.24) is 14.5 Å². The Morgan fingerprint density at radius 1 is 1.67 bits per heavy atom. The molecule has 1 N–H and O–H groups in total. The molecule has 1 rings (SSSR count). The number of halogens is 1. The molecule has 0 spiro atoms. The minimum atomic E-state index is -3.42. The predicted molar refractivity (Wildman–Crippen MR) is 61.4 cm³/mol. The van der Waals surface area contributed by atoms with Crippen LogP contribution in [0.25, 0.3) is 0 Å². The van der Waals surface area contributed by atoms with Crippen molar-refractivity contribution >= 4 is 26.0 Å². The van der Waals surface area contributed by atoms with E-state index in [2.05, 4.69) is 25.8 Å². The molecule has 7 heteroatoms. The van der Waals surface area contributed by atoms with E-state index in [4.69, 9.17) is 0 Å². The van der Waals surface area contributed by atoms with Gasteiger partial charge in [-0.1, -0.05) is 22.9 Å². The van der Waals surface area contributed by atoms with Crippen LogP contribution in [0.2, 0.25) is 0 Å². The highest BCUT2D eigenvalue weighted by atomic mass is 79.9. The molecule has 0 saturated carbocycles.